The first-order valence-corrected chi connectivity index (χ1v) is 9.28. The predicted molar refractivity (Wildman–Crippen MR) is 107 cm³/mol. The van der Waals surface area contributed by atoms with Crippen molar-refractivity contribution in [1.29, 1.82) is 0 Å². The van der Waals surface area contributed by atoms with Crippen LogP contribution < -0.4 is 10.2 Å². The van der Waals surface area contributed by atoms with Crippen molar-refractivity contribution in [2.24, 2.45) is 0 Å². The van der Waals surface area contributed by atoms with Crippen LogP contribution in [0.2, 0.25) is 0 Å². The average molecular weight is 359 g/mol. The summed E-state index contributed by atoms with van der Waals surface area (Å²) in [6, 6.07) is 12.7. The number of pyridine rings is 2. The van der Waals surface area contributed by atoms with Crippen molar-refractivity contribution < 1.29 is 4.42 Å². The normalized spacial score (nSPS) is 17.7. The summed E-state index contributed by atoms with van der Waals surface area (Å²) in [5.41, 5.74) is 6.54. The number of anilines is 1. The number of hydrogen-bond donors (Lipinski definition) is 1. The minimum Gasteiger partial charge on any atom is -0.441 e. The fourth-order valence-electron chi connectivity index (χ4n) is 3.70. The molecule has 1 atom stereocenters. The first kappa shape index (κ1) is 16.2. The van der Waals surface area contributed by atoms with Crippen LogP contribution in [0.5, 0.6) is 0 Å². The van der Waals surface area contributed by atoms with E-state index in [9.17, 15) is 0 Å². The molecule has 0 aliphatic carbocycles. The molecular formula is C21H21N5O. The molecule has 3 aromatic heterocycles. The van der Waals surface area contributed by atoms with Crippen LogP contribution >= 0.6 is 0 Å². The van der Waals surface area contributed by atoms with E-state index >= 15 is 0 Å². The monoisotopic (exact) mass is 359 g/mol. The molecule has 6 nitrogen and oxygen atoms in total. The Labute approximate surface area is 157 Å². The van der Waals surface area contributed by atoms with Crippen molar-refractivity contribution in [1.82, 2.24) is 20.3 Å². The summed E-state index contributed by atoms with van der Waals surface area (Å²) in [6.45, 7) is 7.02. The maximum atomic E-state index is 5.57. The van der Waals surface area contributed by atoms with Gasteiger partial charge >= 0.3 is 0 Å². The van der Waals surface area contributed by atoms with E-state index in [0.717, 1.165) is 58.7 Å². The number of fused-ring (bicyclic) bond motifs is 2. The Hall–Kier alpha value is -2.99. The molecule has 5 rings (SSSR count). The van der Waals surface area contributed by atoms with Gasteiger partial charge in [0.1, 0.15) is 5.52 Å². The van der Waals surface area contributed by atoms with Crippen LogP contribution in [0.4, 0.5) is 5.69 Å². The highest BCUT2D eigenvalue weighted by Crippen LogP contribution is 2.26. The molecule has 136 valence electrons. The second kappa shape index (κ2) is 6.32. The zero-order valence-electron chi connectivity index (χ0n) is 15.4. The predicted octanol–water partition coefficient (Wildman–Crippen LogP) is 3.54. The number of benzene rings is 1. The van der Waals surface area contributed by atoms with Gasteiger partial charge < -0.3 is 14.6 Å². The Morgan fingerprint density at radius 3 is 2.89 bits per heavy atom. The van der Waals surface area contributed by atoms with E-state index in [2.05, 4.69) is 33.2 Å². The van der Waals surface area contributed by atoms with Crippen LogP contribution in [0.25, 0.3) is 33.4 Å². The molecule has 0 bridgehead atoms. The lowest BCUT2D eigenvalue weighted by Crippen LogP contribution is -2.49. The van der Waals surface area contributed by atoms with Gasteiger partial charge in [-0.05, 0) is 43.3 Å². The summed E-state index contributed by atoms with van der Waals surface area (Å²) >= 11 is 0. The second-order valence-electron chi connectivity index (χ2n) is 7.14. The van der Waals surface area contributed by atoms with Gasteiger partial charge in [0.15, 0.2) is 11.5 Å². The minimum absolute atomic E-state index is 0.478. The topological polar surface area (TPSA) is 67.1 Å². The lowest BCUT2D eigenvalue weighted by molar-refractivity contribution is 0.484. The highest BCUT2D eigenvalue weighted by Gasteiger charge is 2.17. The lowest BCUT2D eigenvalue weighted by Gasteiger charge is -2.33. The summed E-state index contributed by atoms with van der Waals surface area (Å²) in [4.78, 5) is 16.3. The molecule has 6 heteroatoms. The number of aryl methyl sites for hydroxylation is 1. The standard InChI is InChI=1S/C21H21N5O/c1-13-12-26(8-7-22-13)16-10-19-18(23-11-16)5-4-17(25-19)15-3-6-21-20(9-15)24-14(2)27-21/h3-6,9-11,13,22H,7-8,12H2,1-2H3/t13-/m1/s1. The molecule has 4 heterocycles. The lowest BCUT2D eigenvalue weighted by atomic mass is 10.1. The molecule has 1 N–H and O–H groups in total. The van der Waals surface area contributed by atoms with Crippen molar-refractivity contribution in [3.8, 4) is 11.3 Å². The number of rotatable bonds is 2. The summed E-state index contributed by atoms with van der Waals surface area (Å²) in [6.07, 6.45) is 1.95. The van der Waals surface area contributed by atoms with Crippen LogP contribution in [-0.2, 0) is 0 Å². The zero-order chi connectivity index (χ0) is 18.4. The van der Waals surface area contributed by atoms with Crippen molar-refractivity contribution >= 4 is 27.8 Å². The Bertz CT molecular complexity index is 1140. The van der Waals surface area contributed by atoms with Gasteiger partial charge in [-0.3, -0.25) is 4.98 Å². The summed E-state index contributed by atoms with van der Waals surface area (Å²) < 4.78 is 5.57. The number of aromatic nitrogens is 3. The fraction of sp³-hybridized carbons (Fsp3) is 0.286. The fourth-order valence-corrected chi connectivity index (χ4v) is 3.70. The summed E-state index contributed by atoms with van der Waals surface area (Å²) in [5.74, 6) is 0.674. The third kappa shape index (κ3) is 3.02. The summed E-state index contributed by atoms with van der Waals surface area (Å²) in [7, 11) is 0. The van der Waals surface area contributed by atoms with Gasteiger partial charge in [0, 0.05) is 38.2 Å². The molecule has 27 heavy (non-hydrogen) atoms. The van der Waals surface area contributed by atoms with E-state index in [1.807, 2.05) is 43.5 Å². The maximum absolute atomic E-state index is 5.57. The zero-order valence-corrected chi connectivity index (χ0v) is 15.4. The molecule has 1 aromatic carbocycles. The molecule has 1 fully saturated rings. The number of hydrogen-bond acceptors (Lipinski definition) is 6. The average Bonchev–Trinajstić information content (AvgIpc) is 3.06. The van der Waals surface area contributed by atoms with Crippen molar-refractivity contribution in [3.05, 3.63) is 48.5 Å². The molecule has 1 aliphatic rings. The van der Waals surface area contributed by atoms with Gasteiger partial charge in [-0.15, -0.1) is 0 Å². The van der Waals surface area contributed by atoms with Crippen LogP contribution in [-0.4, -0.2) is 40.6 Å². The van der Waals surface area contributed by atoms with Gasteiger partial charge in [-0.25, -0.2) is 9.97 Å². The van der Waals surface area contributed by atoms with Gasteiger partial charge in [-0.2, -0.15) is 0 Å². The van der Waals surface area contributed by atoms with Gasteiger partial charge in [-0.1, -0.05) is 0 Å². The molecule has 0 unspecified atom stereocenters. The van der Waals surface area contributed by atoms with E-state index in [0.29, 0.717) is 11.9 Å². The molecule has 0 radical (unpaired) electrons. The van der Waals surface area contributed by atoms with Crippen molar-refractivity contribution in [3.63, 3.8) is 0 Å². The Balaban J connectivity index is 1.54. The SMILES string of the molecule is Cc1nc2cc(-c3ccc4ncc(N5CCN[C@H](C)C5)cc4n3)ccc2o1. The van der Waals surface area contributed by atoms with Crippen LogP contribution in [0.15, 0.2) is 47.0 Å². The third-order valence-corrected chi connectivity index (χ3v) is 5.05. The van der Waals surface area contributed by atoms with E-state index < -0.39 is 0 Å². The van der Waals surface area contributed by atoms with Gasteiger partial charge in [0.2, 0.25) is 0 Å². The first-order valence-electron chi connectivity index (χ1n) is 9.28. The highest BCUT2D eigenvalue weighted by atomic mass is 16.3. The van der Waals surface area contributed by atoms with Crippen molar-refractivity contribution in [2.45, 2.75) is 19.9 Å². The van der Waals surface area contributed by atoms with Gasteiger partial charge in [0.05, 0.1) is 28.6 Å². The van der Waals surface area contributed by atoms with E-state index in [1.54, 1.807) is 0 Å². The minimum atomic E-state index is 0.478. The van der Waals surface area contributed by atoms with Crippen LogP contribution in [0, 0.1) is 6.92 Å². The largest absolute Gasteiger partial charge is 0.441 e. The smallest absolute Gasteiger partial charge is 0.192 e. The third-order valence-electron chi connectivity index (χ3n) is 5.05. The number of piperazine rings is 1. The van der Waals surface area contributed by atoms with E-state index in [4.69, 9.17) is 9.40 Å². The highest BCUT2D eigenvalue weighted by molar-refractivity contribution is 5.84. The molecule has 0 amide bonds. The number of nitrogens with zero attached hydrogens (tertiary/aromatic N) is 4. The first-order chi connectivity index (χ1) is 13.2. The molecule has 4 aromatic rings. The van der Waals surface area contributed by atoms with Crippen molar-refractivity contribution in [2.75, 3.05) is 24.5 Å². The van der Waals surface area contributed by atoms with Crippen LogP contribution in [0.3, 0.4) is 0 Å². The molecule has 0 spiro atoms. The Morgan fingerprint density at radius 2 is 2.00 bits per heavy atom. The summed E-state index contributed by atoms with van der Waals surface area (Å²) in [5, 5.41) is 3.47. The van der Waals surface area contributed by atoms with Crippen LogP contribution in [0.1, 0.15) is 12.8 Å². The maximum Gasteiger partial charge on any atom is 0.192 e. The van der Waals surface area contributed by atoms with E-state index in [1.165, 1.54) is 0 Å². The second-order valence-corrected chi connectivity index (χ2v) is 7.14. The van der Waals surface area contributed by atoms with E-state index in [-0.39, 0.29) is 0 Å². The number of nitrogens with one attached hydrogen (secondary N) is 1. The molecule has 1 saturated heterocycles. The Kier molecular flexibility index (Phi) is 3.79. The van der Waals surface area contributed by atoms with Gasteiger partial charge in [0.25, 0.3) is 0 Å². The molecule has 1 aliphatic heterocycles. The Morgan fingerprint density at radius 1 is 1.07 bits per heavy atom. The molecule has 0 saturated carbocycles. The molecular weight excluding hydrogens is 338 g/mol. The quantitative estimate of drug-likeness (QED) is 0.590. The number of oxazole rings is 1.